The van der Waals surface area contributed by atoms with Crippen LogP contribution in [0.4, 0.5) is 0 Å². The highest BCUT2D eigenvalue weighted by atomic mass is 32.2. The largest absolute Gasteiger partial charge is 0.316 e. The first-order valence-corrected chi connectivity index (χ1v) is 10.4. The van der Waals surface area contributed by atoms with Crippen molar-refractivity contribution < 1.29 is 16.8 Å². The van der Waals surface area contributed by atoms with Crippen molar-refractivity contribution in [3.05, 3.63) is 18.3 Å². The summed E-state index contributed by atoms with van der Waals surface area (Å²) in [5.41, 5.74) is -0.120. The number of pyridine rings is 1. The minimum atomic E-state index is -3.70. The van der Waals surface area contributed by atoms with Gasteiger partial charge in [0.25, 0.3) is 0 Å². The van der Waals surface area contributed by atoms with Crippen LogP contribution in [0, 0.1) is 5.41 Å². The molecule has 1 saturated heterocycles. The summed E-state index contributed by atoms with van der Waals surface area (Å²) >= 11 is 0. The van der Waals surface area contributed by atoms with Gasteiger partial charge in [0.05, 0.1) is 0 Å². The predicted molar refractivity (Wildman–Crippen MR) is 82.7 cm³/mol. The van der Waals surface area contributed by atoms with E-state index >= 15 is 0 Å². The van der Waals surface area contributed by atoms with Crippen LogP contribution in [0.2, 0.25) is 0 Å². The lowest BCUT2D eigenvalue weighted by molar-refractivity contribution is 0.238. The Morgan fingerprint density at radius 3 is 2.55 bits per heavy atom. The molecule has 1 aromatic heterocycles. The molecule has 0 amide bonds. The first-order valence-electron chi connectivity index (χ1n) is 6.99. The summed E-state index contributed by atoms with van der Waals surface area (Å²) in [6.07, 6.45) is 4.06. The zero-order valence-corrected chi connectivity index (χ0v) is 14.3. The molecule has 1 aliphatic heterocycles. The van der Waals surface area contributed by atoms with Gasteiger partial charge in [-0.2, -0.15) is 0 Å². The third-order valence-electron chi connectivity index (χ3n) is 3.77. The van der Waals surface area contributed by atoms with Crippen molar-refractivity contribution in [2.45, 2.75) is 29.7 Å². The number of hydrogen-bond donors (Lipinski definition) is 2. The van der Waals surface area contributed by atoms with Gasteiger partial charge in [0, 0.05) is 25.5 Å². The maximum Gasteiger partial charge on any atom is 0.242 e. The maximum atomic E-state index is 12.3. The van der Waals surface area contributed by atoms with Gasteiger partial charge in [0.15, 0.2) is 14.9 Å². The molecule has 1 aliphatic rings. The third-order valence-corrected chi connectivity index (χ3v) is 6.16. The molecule has 0 spiro atoms. The van der Waals surface area contributed by atoms with E-state index in [0.717, 1.165) is 38.4 Å². The van der Waals surface area contributed by atoms with Crippen molar-refractivity contribution >= 4 is 19.9 Å². The lowest BCUT2D eigenvalue weighted by Crippen LogP contribution is -2.45. The molecule has 1 unspecified atom stereocenters. The molecule has 0 aliphatic carbocycles. The standard InChI is InChI=1S/C13H21N3O4S2/c1-13(6-3-7-14-9-13)10-16-22(19,20)11-4-5-12(15-8-11)21(2,17)18/h4-5,8,14,16H,3,6-7,9-10H2,1-2H3. The molecule has 7 nitrogen and oxygen atoms in total. The molecule has 0 bridgehead atoms. The highest BCUT2D eigenvalue weighted by Gasteiger charge is 2.29. The van der Waals surface area contributed by atoms with E-state index < -0.39 is 19.9 Å². The van der Waals surface area contributed by atoms with Crippen LogP contribution in [0.1, 0.15) is 19.8 Å². The second-order valence-corrected chi connectivity index (χ2v) is 9.75. The van der Waals surface area contributed by atoms with Crippen LogP contribution in [-0.4, -0.2) is 47.7 Å². The summed E-state index contributed by atoms with van der Waals surface area (Å²) in [4.78, 5) is 3.67. The van der Waals surface area contributed by atoms with Crippen molar-refractivity contribution in [1.82, 2.24) is 15.0 Å². The quantitative estimate of drug-likeness (QED) is 0.786. The van der Waals surface area contributed by atoms with Gasteiger partial charge in [-0.3, -0.25) is 0 Å². The smallest absolute Gasteiger partial charge is 0.242 e. The average Bonchev–Trinajstić information content (AvgIpc) is 2.46. The van der Waals surface area contributed by atoms with Crippen molar-refractivity contribution in [2.24, 2.45) is 5.41 Å². The molecule has 1 atom stereocenters. The van der Waals surface area contributed by atoms with E-state index in [1.165, 1.54) is 12.1 Å². The van der Waals surface area contributed by atoms with Crippen molar-refractivity contribution in [3.63, 3.8) is 0 Å². The second kappa shape index (κ2) is 6.23. The van der Waals surface area contributed by atoms with E-state index in [1.54, 1.807) is 0 Å². The summed E-state index contributed by atoms with van der Waals surface area (Å²) in [5.74, 6) is 0. The number of rotatable bonds is 5. The zero-order valence-electron chi connectivity index (χ0n) is 12.7. The molecular formula is C13H21N3O4S2. The first kappa shape index (κ1) is 17.3. The molecule has 22 heavy (non-hydrogen) atoms. The zero-order chi connectivity index (χ0) is 16.4. The molecule has 2 N–H and O–H groups in total. The monoisotopic (exact) mass is 347 g/mol. The topological polar surface area (TPSA) is 105 Å². The van der Waals surface area contributed by atoms with E-state index in [4.69, 9.17) is 0 Å². The van der Waals surface area contributed by atoms with E-state index in [0.29, 0.717) is 6.54 Å². The first-order chi connectivity index (χ1) is 10.1. The normalized spacial score (nSPS) is 23.4. The van der Waals surface area contributed by atoms with Crippen LogP contribution < -0.4 is 10.0 Å². The number of aromatic nitrogens is 1. The van der Waals surface area contributed by atoms with Crippen LogP contribution in [0.25, 0.3) is 0 Å². The average molecular weight is 347 g/mol. The fourth-order valence-corrected chi connectivity index (χ4v) is 4.07. The van der Waals surface area contributed by atoms with Crippen LogP contribution in [-0.2, 0) is 19.9 Å². The summed E-state index contributed by atoms with van der Waals surface area (Å²) in [6.45, 7) is 4.09. The van der Waals surface area contributed by atoms with Gasteiger partial charge < -0.3 is 5.32 Å². The molecule has 1 fully saturated rings. The minimum absolute atomic E-state index is 0.0349. The van der Waals surface area contributed by atoms with Crippen LogP contribution in [0.5, 0.6) is 0 Å². The number of piperidine rings is 1. The Balaban J connectivity index is 2.10. The van der Waals surface area contributed by atoms with E-state index in [2.05, 4.69) is 15.0 Å². The highest BCUT2D eigenvalue weighted by Crippen LogP contribution is 2.25. The fourth-order valence-electron chi connectivity index (χ4n) is 2.37. The number of nitrogens with one attached hydrogen (secondary N) is 2. The van der Waals surface area contributed by atoms with E-state index in [9.17, 15) is 16.8 Å². The highest BCUT2D eigenvalue weighted by molar-refractivity contribution is 7.90. The van der Waals surface area contributed by atoms with Crippen LogP contribution >= 0.6 is 0 Å². The molecule has 1 aromatic rings. The van der Waals surface area contributed by atoms with Crippen molar-refractivity contribution in [2.75, 3.05) is 25.9 Å². The lowest BCUT2D eigenvalue weighted by atomic mass is 9.83. The molecule has 0 saturated carbocycles. The molecule has 124 valence electrons. The van der Waals surface area contributed by atoms with E-state index in [1.807, 2.05) is 6.92 Å². The fraction of sp³-hybridized carbons (Fsp3) is 0.615. The summed E-state index contributed by atoms with van der Waals surface area (Å²) in [6, 6.07) is 2.46. The Morgan fingerprint density at radius 1 is 1.32 bits per heavy atom. The third kappa shape index (κ3) is 4.25. The molecular weight excluding hydrogens is 326 g/mol. The summed E-state index contributed by atoms with van der Waals surface area (Å²) < 4.78 is 49.8. The Morgan fingerprint density at radius 2 is 2.05 bits per heavy atom. The van der Waals surface area contributed by atoms with Gasteiger partial charge in [-0.1, -0.05) is 6.92 Å². The van der Waals surface area contributed by atoms with Crippen LogP contribution in [0.3, 0.4) is 0 Å². The maximum absolute atomic E-state index is 12.3. The number of sulfonamides is 1. The van der Waals surface area contributed by atoms with Gasteiger partial charge in [0.1, 0.15) is 4.90 Å². The molecule has 0 radical (unpaired) electrons. The number of hydrogen-bond acceptors (Lipinski definition) is 6. The Labute approximate surface area is 131 Å². The molecule has 2 rings (SSSR count). The Bertz CT molecular complexity index is 721. The molecule has 9 heteroatoms. The van der Waals surface area contributed by atoms with Crippen LogP contribution in [0.15, 0.2) is 28.3 Å². The van der Waals surface area contributed by atoms with Gasteiger partial charge >= 0.3 is 0 Å². The second-order valence-electron chi connectivity index (χ2n) is 6.02. The predicted octanol–water partition coefficient (Wildman–Crippen LogP) is 0.153. The summed E-state index contributed by atoms with van der Waals surface area (Å²) in [5, 5.41) is 3.12. The van der Waals surface area contributed by atoms with Gasteiger partial charge in [0.2, 0.25) is 10.0 Å². The van der Waals surface area contributed by atoms with E-state index in [-0.39, 0.29) is 15.3 Å². The molecule has 0 aromatic carbocycles. The SMILES string of the molecule is CC1(CNS(=O)(=O)c2ccc(S(C)(=O)=O)nc2)CCCNC1. The van der Waals surface area contributed by atoms with Crippen molar-refractivity contribution in [3.8, 4) is 0 Å². The molecule has 2 heterocycles. The summed E-state index contributed by atoms with van der Waals surface area (Å²) in [7, 11) is -7.13. The number of sulfone groups is 1. The van der Waals surface area contributed by atoms with Crippen molar-refractivity contribution in [1.29, 1.82) is 0 Å². The van der Waals surface area contributed by atoms with Gasteiger partial charge in [-0.05, 0) is 36.9 Å². The lowest BCUT2D eigenvalue weighted by Gasteiger charge is -2.34. The number of nitrogens with zero attached hydrogens (tertiary/aromatic N) is 1. The minimum Gasteiger partial charge on any atom is -0.316 e. The van der Waals surface area contributed by atoms with Gasteiger partial charge in [-0.25, -0.2) is 26.5 Å². The Kier molecular flexibility index (Phi) is 4.90. The van der Waals surface area contributed by atoms with Gasteiger partial charge in [-0.15, -0.1) is 0 Å². The Hall–Kier alpha value is -1.03.